The van der Waals surface area contributed by atoms with E-state index in [-0.39, 0.29) is 0 Å². The quantitative estimate of drug-likeness (QED) is 0.714. The van der Waals surface area contributed by atoms with Gasteiger partial charge in [-0.15, -0.1) is 0 Å². The van der Waals surface area contributed by atoms with Gasteiger partial charge in [0, 0.05) is 35.2 Å². The molecule has 0 radical (unpaired) electrons. The molecule has 0 unspecified atom stereocenters. The van der Waals surface area contributed by atoms with Crippen LogP contribution in [-0.4, -0.2) is 6.54 Å². The third-order valence-corrected chi connectivity index (χ3v) is 3.22. The summed E-state index contributed by atoms with van der Waals surface area (Å²) in [6.07, 6.45) is 0. The van der Waals surface area contributed by atoms with Gasteiger partial charge >= 0.3 is 0 Å². The Labute approximate surface area is 89.3 Å². The molecule has 0 saturated heterocycles. The van der Waals surface area contributed by atoms with Crippen molar-refractivity contribution in [2.45, 2.75) is 13.5 Å². The van der Waals surface area contributed by atoms with Crippen molar-refractivity contribution in [3.8, 4) is 0 Å². The lowest BCUT2D eigenvalue weighted by molar-refractivity contribution is 0.862. The van der Waals surface area contributed by atoms with Crippen LogP contribution in [0.5, 0.6) is 0 Å². The second kappa shape index (κ2) is 2.89. The zero-order valence-corrected chi connectivity index (χ0v) is 8.83. The number of nitrogens with zero attached hydrogens (tertiary/aromatic N) is 1. The van der Waals surface area contributed by atoms with Crippen LogP contribution in [0.2, 0.25) is 0 Å². The average molecular weight is 198 g/mol. The van der Waals surface area contributed by atoms with Crippen molar-refractivity contribution in [2.24, 2.45) is 0 Å². The SMILES string of the molecule is CCN1Cc2cccc3c(N)ccc1c23. The lowest BCUT2D eigenvalue weighted by atomic mass is 10.0. The Bertz CT molecular complexity index is 531. The van der Waals surface area contributed by atoms with Gasteiger partial charge in [-0.05, 0) is 24.6 Å². The summed E-state index contributed by atoms with van der Waals surface area (Å²) in [6.45, 7) is 4.26. The van der Waals surface area contributed by atoms with E-state index in [1.807, 2.05) is 6.07 Å². The zero-order valence-electron chi connectivity index (χ0n) is 8.83. The monoisotopic (exact) mass is 198 g/mol. The highest BCUT2D eigenvalue weighted by atomic mass is 15.1. The van der Waals surface area contributed by atoms with Crippen molar-refractivity contribution >= 4 is 22.1 Å². The van der Waals surface area contributed by atoms with Crippen molar-refractivity contribution in [1.29, 1.82) is 0 Å². The second-order valence-corrected chi connectivity index (χ2v) is 4.03. The number of benzene rings is 2. The maximum Gasteiger partial charge on any atom is 0.0453 e. The van der Waals surface area contributed by atoms with Gasteiger partial charge in [-0.2, -0.15) is 0 Å². The van der Waals surface area contributed by atoms with E-state index in [9.17, 15) is 0 Å². The topological polar surface area (TPSA) is 29.3 Å². The smallest absolute Gasteiger partial charge is 0.0453 e. The van der Waals surface area contributed by atoms with Crippen molar-refractivity contribution < 1.29 is 0 Å². The number of nitrogen functional groups attached to an aromatic ring is 1. The highest BCUT2D eigenvalue weighted by molar-refractivity contribution is 6.05. The molecule has 0 amide bonds. The first-order valence-corrected chi connectivity index (χ1v) is 5.36. The third kappa shape index (κ3) is 1.05. The number of rotatable bonds is 1. The normalized spacial score (nSPS) is 13.8. The van der Waals surface area contributed by atoms with Gasteiger partial charge in [-0.3, -0.25) is 0 Å². The van der Waals surface area contributed by atoms with Gasteiger partial charge in [-0.1, -0.05) is 18.2 Å². The highest BCUT2D eigenvalue weighted by Crippen LogP contribution is 2.39. The van der Waals surface area contributed by atoms with Crippen LogP contribution in [-0.2, 0) is 6.54 Å². The molecule has 3 rings (SSSR count). The van der Waals surface area contributed by atoms with Crippen molar-refractivity contribution in [2.75, 3.05) is 17.2 Å². The third-order valence-electron chi connectivity index (χ3n) is 3.22. The molecule has 2 aromatic rings. The van der Waals surface area contributed by atoms with Crippen LogP contribution < -0.4 is 10.6 Å². The molecule has 0 fully saturated rings. The minimum atomic E-state index is 0.883. The molecule has 0 aliphatic carbocycles. The Morgan fingerprint density at radius 1 is 1.27 bits per heavy atom. The summed E-state index contributed by atoms with van der Waals surface area (Å²) >= 11 is 0. The Hall–Kier alpha value is -1.70. The molecule has 0 aromatic heterocycles. The Kier molecular flexibility index (Phi) is 1.66. The van der Waals surface area contributed by atoms with Gasteiger partial charge in [0.1, 0.15) is 0 Å². The molecule has 1 aliphatic rings. The van der Waals surface area contributed by atoms with E-state index in [0.717, 1.165) is 18.8 Å². The van der Waals surface area contributed by atoms with E-state index in [4.69, 9.17) is 5.73 Å². The molecule has 2 aromatic carbocycles. The van der Waals surface area contributed by atoms with E-state index in [1.54, 1.807) is 0 Å². The minimum absolute atomic E-state index is 0.883. The molecule has 0 spiro atoms. The molecule has 0 atom stereocenters. The fourth-order valence-corrected chi connectivity index (χ4v) is 2.45. The van der Waals surface area contributed by atoms with Gasteiger partial charge < -0.3 is 10.6 Å². The number of hydrogen-bond acceptors (Lipinski definition) is 2. The predicted octanol–water partition coefficient (Wildman–Crippen LogP) is 2.76. The van der Waals surface area contributed by atoms with Gasteiger partial charge in [0.2, 0.25) is 0 Å². The summed E-state index contributed by atoms with van der Waals surface area (Å²) in [5.74, 6) is 0. The van der Waals surface area contributed by atoms with Crippen LogP contribution in [0.4, 0.5) is 11.4 Å². The number of nitrogens with two attached hydrogens (primary N) is 1. The zero-order chi connectivity index (χ0) is 10.4. The van der Waals surface area contributed by atoms with Crippen molar-refractivity contribution in [3.05, 3.63) is 35.9 Å². The summed E-state index contributed by atoms with van der Waals surface area (Å²) < 4.78 is 0. The number of hydrogen-bond donors (Lipinski definition) is 1. The lowest BCUT2D eigenvalue weighted by Crippen LogP contribution is -2.17. The molecule has 1 heterocycles. The van der Waals surface area contributed by atoms with Crippen LogP contribution in [0.15, 0.2) is 30.3 Å². The lowest BCUT2D eigenvalue weighted by Gasteiger charge is -2.16. The molecular weight excluding hydrogens is 184 g/mol. The molecule has 2 N–H and O–H groups in total. The van der Waals surface area contributed by atoms with E-state index >= 15 is 0 Å². The summed E-state index contributed by atoms with van der Waals surface area (Å²) in [5.41, 5.74) is 9.60. The van der Waals surface area contributed by atoms with Crippen LogP contribution in [0.3, 0.4) is 0 Å². The summed E-state index contributed by atoms with van der Waals surface area (Å²) in [4.78, 5) is 2.39. The van der Waals surface area contributed by atoms with Gasteiger partial charge in [0.25, 0.3) is 0 Å². The first kappa shape index (κ1) is 8.60. The van der Waals surface area contributed by atoms with Gasteiger partial charge in [0.15, 0.2) is 0 Å². The predicted molar refractivity (Wildman–Crippen MR) is 65.1 cm³/mol. The largest absolute Gasteiger partial charge is 0.398 e. The fraction of sp³-hybridized carbons (Fsp3) is 0.231. The molecule has 1 aliphatic heterocycles. The molecule has 0 saturated carbocycles. The van der Waals surface area contributed by atoms with Gasteiger partial charge in [-0.25, -0.2) is 0 Å². The molecule has 2 nitrogen and oxygen atoms in total. The Morgan fingerprint density at radius 3 is 2.93 bits per heavy atom. The number of anilines is 2. The van der Waals surface area contributed by atoms with Crippen molar-refractivity contribution in [1.82, 2.24) is 0 Å². The maximum atomic E-state index is 5.99. The van der Waals surface area contributed by atoms with Crippen LogP contribution in [0, 0.1) is 0 Å². The Balaban J connectivity index is 2.41. The standard InChI is InChI=1S/C13H14N2/c1-2-15-8-9-4-3-5-10-11(14)6-7-12(15)13(9)10/h3-7H,2,8,14H2,1H3. The highest BCUT2D eigenvalue weighted by Gasteiger charge is 2.20. The summed E-state index contributed by atoms with van der Waals surface area (Å²) in [5, 5.41) is 2.54. The Morgan fingerprint density at radius 2 is 2.13 bits per heavy atom. The minimum Gasteiger partial charge on any atom is -0.398 e. The van der Waals surface area contributed by atoms with E-state index in [1.165, 1.54) is 22.0 Å². The average Bonchev–Trinajstić information content (AvgIpc) is 2.63. The summed E-state index contributed by atoms with van der Waals surface area (Å²) in [7, 11) is 0. The molecular formula is C13H14N2. The molecule has 2 heteroatoms. The van der Waals surface area contributed by atoms with E-state index in [0.29, 0.717) is 0 Å². The van der Waals surface area contributed by atoms with E-state index in [2.05, 4.69) is 36.1 Å². The molecule has 15 heavy (non-hydrogen) atoms. The first-order valence-electron chi connectivity index (χ1n) is 5.36. The van der Waals surface area contributed by atoms with Gasteiger partial charge in [0.05, 0.1) is 0 Å². The molecule has 76 valence electrons. The van der Waals surface area contributed by atoms with Crippen molar-refractivity contribution in [3.63, 3.8) is 0 Å². The maximum absolute atomic E-state index is 5.99. The first-order chi connectivity index (χ1) is 7.31. The second-order valence-electron chi connectivity index (χ2n) is 4.03. The van der Waals surface area contributed by atoms with Crippen LogP contribution in [0.1, 0.15) is 12.5 Å². The van der Waals surface area contributed by atoms with Crippen LogP contribution >= 0.6 is 0 Å². The summed E-state index contributed by atoms with van der Waals surface area (Å²) in [6, 6.07) is 10.5. The fourth-order valence-electron chi connectivity index (χ4n) is 2.45. The van der Waals surface area contributed by atoms with Crippen LogP contribution in [0.25, 0.3) is 10.8 Å². The molecule has 0 bridgehead atoms. The van der Waals surface area contributed by atoms with E-state index < -0.39 is 0 Å².